The Bertz CT molecular complexity index is 157. The second-order valence-corrected chi connectivity index (χ2v) is 3.95. The fourth-order valence-corrected chi connectivity index (χ4v) is 3.33. The average molecular weight is 157 g/mol. The minimum Gasteiger partial charge on any atom is -0.348 e. The van der Waals surface area contributed by atoms with Crippen LogP contribution < -0.4 is 0 Å². The largest absolute Gasteiger partial charge is 0.348 e. The molecule has 2 heteroatoms. The number of hydrogen-bond donors (Lipinski definition) is 0. The van der Waals surface area contributed by atoms with E-state index in [4.69, 9.17) is 16.3 Å². The van der Waals surface area contributed by atoms with E-state index in [1.165, 1.54) is 12.8 Å². The van der Waals surface area contributed by atoms with Crippen molar-refractivity contribution < 1.29 is 4.74 Å². The first-order valence-corrected chi connectivity index (χ1v) is 4.31. The molecule has 0 aromatic carbocycles. The summed E-state index contributed by atoms with van der Waals surface area (Å²) in [5.41, 5.74) is 0. The van der Waals surface area contributed by atoms with Gasteiger partial charge in [0.1, 0.15) is 0 Å². The van der Waals surface area contributed by atoms with E-state index in [9.17, 15) is 0 Å². The third-order valence-electron chi connectivity index (χ3n) is 3.57. The SMILES string of the molecule is Cl[C]O[C@H]1C2C[C@@H]3C1[C@@H]3C2. The summed E-state index contributed by atoms with van der Waals surface area (Å²) in [5, 5.41) is 0. The quantitative estimate of drug-likeness (QED) is 0.594. The molecule has 0 heterocycles. The van der Waals surface area contributed by atoms with Gasteiger partial charge < -0.3 is 4.74 Å². The monoisotopic (exact) mass is 156 g/mol. The zero-order chi connectivity index (χ0) is 6.72. The van der Waals surface area contributed by atoms with Crippen LogP contribution in [0.1, 0.15) is 12.8 Å². The first-order valence-electron chi connectivity index (χ1n) is 3.93. The first-order chi connectivity index (χ1) is 4.92. The van der Waals surface area contributed by atoms with E-state index in [0.29, 0.717) is 6.10 Å². The molecule has 5 atom stereocenters. The lowest BCUT2D eigenvalue weighted by molar-refractivity contribution is 0.0936. The molecule has 0 N–H and O–H groups in total. The Morgan fingerprint density at radius 1 is 1.30 bits per heavy atom. The van der Waals surface area contributed by atoms with Crippen LogP contribution in [-0.4, -0.2) is 6.10 Å². The lowest BCUT2D eigenvalue weighted by Gasteiger charge is -2.11. The molecule has 4 bridgehead atoms. The van der Waals surface area contributed by atoms with Gasteiger partial charge in [-0.25, -0.2) is 0 Å². The molecule has 0 aromatic heterocycles. The molecule has 0 aliphatic heterocycles. The smallest absolute Gasteiger partial charge is 0.237 e. The van der Waals surface area contributed by atoms with Crippen molar-refractivity contribution in [2.75, 3.05) is 0 Å². The summed E-state index contributed by atoms with van der Waals surface area (Å²) in [6, 6.07) is 2.30. The number of ether oxygens (including phenoxy) is 1. The van der Waals surface area contributed by atoms with Crippen LogP contribution in [0.3, 0.4) is 0 Å². The summed E-state index contributed by atoms with van der Waals surface area (Å²) in [7, 11) is 0. The minimum absolute atomic E-state index is 0.451. The van der Waals surface area contributed by atoms with E-state index < -0.39 is 0 Å². The van der Waals surface area contributed by atoms with Crippen molar-refractivity contribution in [3.8, 4) is 0 Å². The standard InChI is InChI=1S/C8H9ClO/c9-3-10-8-4-1-5-6(2-4)7(5)8/h4-8H,1-2H2/t4?,5-,6+,7?,8-/m0/s1. The van der Waals surface area contributed by atoms with E-state index in [2.05, 4.69) is 6.07 Å². The minimum atomic E-state index is 0.451. The predicted octanol–water partition coefficient (Wildman–Crippen LogP) is 1.89. The van der Waals surface area contributed by atoms with Crippen molar-refractivity contribution in [2.45, 2.75) is 18.9 Å². The van der Waals surface area contributed by atoms with Crippen LogP contribution in [0.25, 0.3) is 0 Å². The van der Waals surface area contributed by atoms with Gasteiger partial charge in [-0.3, -0.25) is 0 Å². The van der Waals surface area contributed by atoms with E-state index in [1.807, 2.05) is 0 Å². The molecular formula is C8H9ClO. The summed E-state index contributed by atoms with van der Waals surface area (Å²) in [6.07, 6.45) is 3.25. The van der Waals surface area contributed by atoms with Gasteiger partial charge in [-0.05, 0) is 36.5 Å². The molecule has 10 heavy (non-hydrogen) atoms. The van der Waals surface area contributed by atoms with Gasteiger partial charge in [0.2, 0.25) is 6.07 Å². The van der Waals surface area contributed by atoms with Gasteiger partial charge in [-0.2, -0.15) is 0 Å². The van der Waals surface area contributed by atoms with E-state index >= 15 is 0 Å². The highest BCUT2D eigenvalue weighted by atomic mass is 35.5. The molecule has 0 spiro atoms. The van der Waals surface area contributed by atoms with Crippen molar-refractivity contribution in [1.29, 1.82) is 0 Å². The highest BCUT2D eigenvalue weighted by Crippen LogP contribution is 2.71. The van der Waals surface area contributed by atoms with Gasteiger partial charge in [0.05, 0.1) is 6.10 Å². The summed E-state index contributed by atoms with van der Waals surface area (Å²) >= 11 is 5.28. The van der Waals surface area contributed by atoms with Crippen LogP contribution in [0.2, 0.25) is 0 Å². The van der Waals surface area contributed by atoms with Gasteiger partial charge in [0.25, 0.3) is 0 Å². The maximum Gasteiger partial charge on any atom is 0.237 e. The van der Waals surface area contributed by atoms with Crippen molar-refractivity contribution >= 4 is 11.6 Å². The zero-order valence-corrected chi connectivity index (χ0v) is 6.34. The summed E-state index contributed by atoms with van der Waals surface area (Å²) < 4.78 is 5.23. The number of hydrogen-bond acceptors (Lipinski definition) is 1. The van der Waals surface area contributed by atoms with Crippen LogP contribution in [0, 0.1) is 29.7 Å². The van der Waals surface area contributed by atoms with E-state index in [1.54, 1.807) is 0 Å². The lowest BCUT2D eigenvalue weighted by atomic mass is 10.1. The second-order valence-electron chi connectivity index (χ2n) is 3.80. The molecule has 0 saturated heterocycles. The third kappa shape index (κ3) is 0.507. The van der Waals surface area contributed by atoms with Crippen molar-refractivity contribution in [2.24, 2.45) is 23.7 Å². The highest BCUT2D eigenvalue weighted by Gasteiger charge is 2.69. The van der Waals surface area contributed by atoms with Gasteiger partial charge in [0.15, 0.2) is 0 Å². The summed E-state index contributed by atoms with van der Waals surface area (Å²) in [4.78, 5) is 0. The fourth-order valence-electron chi connectivity index (χ4n) is 3.23. The Balaban J connectivity index is 1.79. The highest BCUT2D eigenvalue weighted by molar-refractivity contribution is 6.22. The summed E-state index contributed by atoms with van der Waals surface area (Å²) in [5.74, 6) is 3.72. The molecule has 4 aliphatic rings. The maximum absolute atomic E-state index is 5.28. The van der Waals surface area contributed by atoms with Crippen molar-refractivity contribution in [1.82, 2.24) is 0 Å². The van der Waals surface area contributed by atoms with E-state index in [0.717, 1.165) is 23.7 Å². The molecule has 4 rings (SSSR count). The average Bonchev–Trinajstić information content (AvgIpc) is 2.38. The van der Waals surface area contributed by atoms with Gasteiger partial charge in [-0.1, -0.05) is 11.6 Å². The predicted molar refractivity (Wildman–Crippen MR) is 37.2 cm³/mol. The third-order valence-corrected chi connectivity index (χ3v) is 3.66. The van der Waals surface area contributed by atoms with Crippen LogP contribution in [-0.2, 0) is 4.74 Å². The van der Waals surface area contributed by atoms with Crippen molar-refractivity contribution in [3.63, 3.8) is 0 Å². The van der Waals surface area contributed by atoms with E-state index in [-0.39, 0.29) is 0 Å². The van der Waals surface area contributed by atoms with Gasteiger partial charge >= 0.3 is 0 Å². The van der Waals surface area contributed by atoms with Crippen LogP contribution >= 0.6 is 11.6 Å². The Morgan fingerprint density at radius 2 is 2.00 bits per heavy atom. The fraction of sp³-hybridized carbons (Fsp3) is 0.875. The molecule has 4 fully saturated rings. The van der Waals surface area contributed by atoms with Crippen LogP contribution in [0.15, 0.2) is 0 Å². The topological polar surface area (TPSA) is 9.23 Å². The number of rotatable bonds is 2. The Morgan fingerprint density at radius 3 is 2.40 bits per heavy atom. The molecule has 2 unspecified atom stereocenters. The Kier molecular flexibility index (Phi) is 0.993. The summed E-state index contributed by atoms with van der Waals surface area (Å²) in [6.45, 7) is 0. The molecule has 4 aliphatic carbocycles. The normalized spacial score (nSPS) is 61.5. The Hall–Kier alpha value is 0.250. The second kappa shape index (κ2) is 1.70. The molecule has 2 radical (unpaired) electrons. The lowest BCUT2D eigenvalue weighted by Crippen LogP contribution is -2.14. The molecule has 1 nitrogen and oxygen atoms in total. The molecule has 0 aromatic rings. The van der Waals surface area contributed by atoms with Crippen molar-refractivity contribution in [3.05, 3.63) is 6.07 Å². The molecule has 0 amide bonds. The molecular weight excluding hydrogens is 148 g/mol. The van der Waals surface area contributed by atoms with Crippen LogP contribution in [0.4, 0.5) is 0 Å². The van der Waals surface area contributed by atoms with Gasteiger partial charge in [-0.15, -0.1) is 0 Å². The van der Waals surface area contributed by atoms with Crippen LogP contribution in [0.5, 0.6) is 0 Å². The molecule has 4 saturated carbocycles. The van der Waals surface area contributed by atoms with Gasteiger partial charge in [0, 0.05) is 0 Å². The number of halogens is 1. The zero-order valence-electron chi connectivity index (χ0n) is 5.59. The Labute approximate surface area is 65.7 Å². The molecule has 54 valence electrons. The first kappa shape index (κ1) is 5.84. The maximum atomic E-state index is 5.28.